The second-order valence-electron chi connectivity index (χ2n) is 8.41. The Labute approximate surface area is 193 Å². The Kier molecular flexibility index (Phi) is 7.03. The van der Waals surface area contributed by atoms with Gasteiger partial charge in [0, 0.05) is 38.6 Å². The molecule has 1 fully saturated rings. The normalized spacial score (nSPS) is 14.2. The Morgan fingerprint density at radius 1 is 0.909 bits per heavy atom. The quantitative estimate of drug-likeness (QED) is 0.632. The standard InChI is InChI=1S/C27H29N3O3/c1-2-28-26(32)23-18-29(17-20-9-5-3-6-10-20)19-24(25(23)31)27(33)30-15-13-22(14-16-30)21-11-7-4-8-12-21/h3-12,18-19,22H,2,13-17H2,1H3,(H,28,32). The average molecular weight is 444 g/mol. The zero-order valence-electron chi connectivity index (χ0n) is 18.9. The van der Waals surface area contributed by atoms with Gasteiger partial charge in [-0.3, -0.25) is 14.4 Å². The van der Waals surface area contributed by atoms with Gasteiger partial charge < -0.3 is 14.8 Å². The van der Waals surface area contributed by atoms with Crippen molar-refractivity contribution in [3.8, 4) is 0 Å². The van der Waals surface area contributed by atoms with Gasteiger partial charge in [-0.2, -0.15) is 0 Å². The third-order valence-electron chi connectivity index (χ3n) is 6.15. The van der Waals surface area contributed by atoms with Crippen LogP contribution in [0.4, 0.5) is 0 Å². The largest absolute Gasteiger partial charge is 0.352 e. The molecule has 170 valence electrons. The van der Waals surface area contributed by atoms with E-state index in [0.29, 0.717) is 32.1 Å². The molecule has 2 amide bonds. The van der Waals surface area contributed by atoms with E-state index in [2.05, 4.69) is 17.4 Å². The molecule has 0 aliphatic carbocycles. The maximum atomic E-state index is 13.4. The molecule has 0 unspecified atom stereocenters. The summed E-state index contributed by atoms with van der Waals surface area (Å²) < 4.78 is 1.76. The molecule has 0 saturated carbocycles. The predicted molar refractivity (Wildman–Crippen MR) is 129 cm³/mol. The van der Waals surface area contributed by atoms with Crippen LogP contribution in [0.5, 0.6) is 0 Å². The first-order valence-corrected chi connectivity index (χ1v) is 11.5. The topological polar surface area (TPSA) is 71.4 Å². The lowest BCUT2D eigenvalue weighted by atomic mass is 9.89. The van der Waals surface area contributed by atoms with E-state index in [0.717, 1.165) is 18.4 Å². The van der Waals surface area contributed by atoms with Gasteiger partial charge in [0.25, 0.3) is 11.8 Å². The summed E-state index contributed by atoms with van der Waals surface area (Å²) in [6.07, 6.45) is 4.83. The minimum absolute atomic E-state index is 0.00203. The van der Waals surface area contributed by atoms with E-state index < -0.39 is 11.3 Å². The maximum absolute atomic E-state index is 13.4. The number of amides is 2. The van der Waals surface area contributed by atoms with E-state index in [1.54, 1.807) is 28.8 Å². The third kappa shape index (κ3) is 5.22. The van der Waals surface area contributed by atoms with Crippen molar-refractivity contribution in [1.82, 2.24) is 14.8 Å². The van der Waals surface area contributed by atoms with Gasteiger partial charge in [0.1, 0.15) is 11.1 Å². The number of likely N-dealkylation sites (tertiary alicyclic amines) is 1. The van der Waals surface area contributed by atoms with Gasteiger partial charge in [-0.25, -0.2) is 0 Å². The Morgan fingerprint density at radius 2 is 1.52 bits per heavy atom. The Bertz CT molecular complexity index is 1160. The second-order valence-corrected chi connectivity index (χ2v) is 8.41. The molecule has 33 heavy (non-hydrogen) atoms. The number of piperidine rings is 1. The molecule has 2 aromatic carbocycles. The lowest BCUT2D eigenvalue weighted by Gasteiger charge is -2.32. The molecule has 1 N–H and O–H groups in total. The lowest BCUT2D eigenvalue weighted by Crippen LogP contribution is -2.41. The van der Waals surface area contributed by atoms with Crippen molar-refractivity contribution in [1.29, 1.82) is 0 Å². The zero-order chi connectivity index (χ0) is 23.2. The average Bonchev–Trinajstić information content (AvgIpc) is 2.86. The molecule has 0 radical (unpaired) electrons. The molecule has 6 heteroatoms. The molecule has 3 aromatic rings. The minimum Gasteiger partial charge on any atom is -0.352 e. The highest BCUT2D eigenvalue weighted by Gasteiger charge is 2.27. The highest BCUT2D eigenvalue weighted by atomic mass is 16.2. The molecule has 1 aliphatic heterocycles. The molecular weight excluding hydrogens is 414 g/mol. The van der Waals surface area contributed by atoms with Crippen LogP contribution in [0.1, 0.15) is 57.5 Å². The molecule has 1 saturated heterocycles. The number of aromatic nitrogens is 1. The van der Waals surface area contributed by atoms with E-state index in [9.17, 15) is 14.4 Å². The molecule has 4 rings (SSSR count). The molecular formula is C27H29N3O3. The first kappa shape index (κ1) is 22.5. The van der Waals surface area contributed by atoms with Gasteiger partial charge in [-0.1, -0.05) is 60.7 Å². The van der Waals surface area contributed by atoms with Crippen LogP contribution in [0.3, 0.4) is 0 Å². The summed E-state index contributed by atoms with van der Waals surface area (Å²) in [7, 11) is 0. The Morgan fingerprint density at radius 3 is 2.15 bits per heavy atom. The maximum Gasteiger partial charge on any atom is 0.259 e. The number of benzene rings is 2. The smallest absolute Gasteiger partial charge is 0.259 e. The van der Waals surface area contributed by atoms with E-state index in [4.69, 9.17) is 0 Å². The minimum atomic E-state index is -0.513. The van der Waals surface area contributed by atoms with Crippen LogP contribution in [-0.4, -0.2) is 40.9 Å². The lowest BCUT2D eigenvalue weighted by molar-refractivity contribution is 0.0710. The van der Waals surface area contributed by atoms with Crippen LogP contribution in [-0.2, 0) is 6.54 Å². The van der Waals surface area contributed by atoms with E-state index >= 15 is 0 Å². The summed E-state index contributed by atoms with van der Waals surface area (Å²) in [5.41, 5.74) is 1.84. The third-order valence-corrected chi connectivity index (χ3v) is 6.15. The van der Waals surface area contributed by atoms with E-state index in [1.165, 1.54) is 5.56 Å². The molecule has 1 aliphatic rings. The van der Waals surface area contributed by atoms with Gasteiger partial charge in [-0.15, -0.1) is 0 Å². The molecule has 0 spiro atoms. The fraction of sp³-hybridized carbons (Fsp3) is 0.296. The zero-order valence-corrected chi connectivity index (χ0v) is 18.9. The summed E-state index contributed by atoms with van der Waals surface area (Å²) in [6, 6.07) is 20.1. The molecule has 6 nitrogen and oxygen atoms in total. The van der Waals surface area contributed by atoms with Crippen LogP contribution in [0.15, 0.2) is 77.9 Å². The van der Waals surface area contributed by atoms with Gasteiger partial charge in [0.05, 0.1) is 0 Å². The van der Waals surface area contributed by atoms with Crippen molar-refractivity contribution in [2.45, 2.75) is 32.2 Å². The van der Waals surface area contributed by atoms with E-state index in [-0.39, 0.29) is 17.0 Å². The fourth-order valence-electron chi connectivity index (χ4n) is 4.40. The van der Waals surface area contributed by atoms with Crippen LogP contribution in [0, 0.1) is 0 Å². The number of nitrogens with one attached hydrogen (secondary N) is 1. The molecule has 0 atom stereocenters. The summed E-state index contributed by atoms with van der Waals surface area (Å²) in [4.78, 5) is 40.8. The number of carbonyl (C=O) groups is 2. The van der Waals surface area contributed by atoms with Gasteiger partial charge in [-0.05, 0) is 36.8 Å². The van der Waals surface area contributed by atoms with Crippen molar-refractivity contribution in [2.24, 2.45) is 0 Å². The highest BCUT2D eigenvalue weighted by Crippen LogP contribution is 2.28. The van der Waals surface area contributed by atoms with Crippen LogP contribution >= 0.6 is 0 Å². The number of hydrogen-bond donors (Lipinski definition) is 1. The van der Waals surface area contributed by atoms with Crippen molar-refractivity contribution < 1.29 is 9.59 Å². The molecule has 2 heterocycles. The molecule has 1 aromatic heterocycles. The van der Waals surface area contributed by atoms with Crippen LogP contribution in [0.2, 0.25) is 0 Å². The highest BCUT2D eigenvalue weighted by molar-refractivity contribution is 5.99. The first-order valence-electron chi connectivity index (χ1n) is 11.5. The van der Waals surface area contributed by atoms with Crippen molar-refractivity contribution in [2.75, 3.05) is 19.6 Å². The Balaban J connectivity index is 1.59. The number of hydrogen-bond acceptors (Lipinski definition) is 3. The van der Waals surface area contributed by atoms with Crippen LogP contribution < -0.4 is 10.7 Å². The Hall–Kier alpha value is -3.67. The predicted octanol–water partition coefficient (Wildman–Crippen LogP) is 3.67. The van der Waals surface area contributed by atoms with Gasteiger partial charge in [0.15, 0.2) is 0 Å². The fourth-order valence-corrected chi connectivity index (χ4v) is 4.40. The SMILES string of the molecule is CCNC(=O)c1cn(Cc2ccccc2)cc(C(=O)N2CCC(c3ccccc3)CC2)c1=O. The number of pyridine rings is 1. The van der Waals surface area contributed by atoms with Crippen molar-refractivity contribution in [3.05, 3.63) is 106 Å². The summed E-state index contributed by atoms with van der Waals surface area (Å²) >= 11 is 0. The van der Waals surface area contributed by atoms with Crippen molar-refractivity contribution in [3.63, 3.8) is 0 Å². The summed E-state index contributed by atoms with van der Waals surface area (Å²) in [6.45, 7) is 3.84. The van der Waals surface area contributed by atoms with Crippen molar-refractivity contribution >= 4 is 11.8 Å². The summed E-state index contributed by atoms with van der Waals surface area (Å²) in [5.74, 6) is -0.354. The first-order chi connectivity index (χ1) is 16.1. The van der Waals surface area contributed by atoms with Gasteiger partial charge >= 0.3 is 0 Å². The van der Waals surface area contributed by atoms with Crippen LogP contribution in [0.25, 0.3) is 0 Å². The van der Waals surface area contributed by atoms with Gasteiger partial charge in [0.2, 0.25) is 5.43 Å². The number of carbonyl (C=O) groups excluding carboxylic acids is 2. The van der Waals surface area contributed by atoms with E-state index in [1.807, 2.05) is 48.5 Å². The number of rotatable bonds is 6. The molecule has 0 bridgehead atoms. The second kappa shape index (κ2) is 10.3. The monoisotopic (exact) mass is 443 g/mol. The number of nitrogens with zero attached hydrogens (tertiary/aromatic N) is 2. The summed E-state index contributed by atoms with van der Waals surface area (Å²) in [5, 5.41) is 2.69.